The van der Waals surface area contributed by atoms with Crippen LogP contribution < -0.4 is 5.32 Å². The first-order valence-electron chi connectivity index (χ1n) is 3.77. The third-order valence-corrected chi connectivity index (χ3v) is 3.31. The molecule has 1 fully saturated rings. The van der Waals surface area contributed by atoms with E-state index in [1.54, 1.807) is 0 Å². The highest BCUT2D eigenvalue weighted by atomic mass is 79.9. The molecule has 78 valence electrons. The predicted molar refractivity (Wildman–Crippen MR) is 49.3 cm³/mol. The molecule has 0 radical (unpaired) electrons. The summed E-state index contributed by atoms with van der Waals surface area (Å²) in [6.45, 7) is 0. The van der Waals surface area contributed by atoms with Crippen molar-refractivity contribution in [3.8, 4) is 0 Å². The van der Waals surface area contributed by atoms with Gasteiger partial charge in [-0.2, -0.15) is 13.2 Å². The molecule has 1 aromatic heterocycles. The molecule has 1 aromatic rings. The number of rotatable bonds is 2. The molecule has 1 N–H and O–H groups in total. The van der Waals surface area contributed by atoms with E-state index >= 15 is 0 Å². The highest BCUT2D eigenvalue weighted by Gasteiger charge is 2.64. The average Bonchev–Trinajstić information content (AvgIpc) is 2.71. The number of hydrogen-bond acceptors (Lipinski definition) is 4. The molecule has 0 amide bonds. The van der Waals surface area contributed by atoms with Crippen molar-refractivity contribution in [3.63, 3.8) is 0 Å². The molecule has 8 heteroatoms. The zero-order valence-corrected chi connectivity index (χ0v) is 9.13. The van der Waals surface area contributed by atoms with Crippen LogP contribution in [0, 0.1) is 0 Å². The van der Waals surface area contributed by atoms with Crippen LogP contribution in [0.15, 0.2) is 3.92 Å². The maximum atomic E-state index is 12.5. The number of anilines is 1. The van der Waals surface area contributed by atoms with Crippen LogP contribution in [-0.2, 0) is 0 Å². The Morgan fingerprint density at radius 2 is 2.00 bits per heavy atom. The highest BCUT2D eigenvalue weighted by Crippen LogP contribution is 2.51. The molecule has 0 unspecified atom stereocenters. The first-order chi connectivity index (χ1) is 6.43. The summed E-state index contributed by atoms with van der Waals surface area (Å²) in [5.41, 5.74) is -1.76. The molecule has 1 aliphatic rings. The third kappa shape index (κ3) is 1.72. The summed E-state index contributed by atoms with van der Waals surface area (Å²) in [5.74, 6) is 0. The topological polar surface area (TPSA) is 37.8 Å². The summed E-state index contributed by atoms with van der Waals surface area (Å²) in [6.07, 6.45) is -4.01. The molecule has 0 bridgehead atoms. The zero-order valence-electron chi connectivity index (χ0n) is 6.73. The molecule has 0 aliphatic heterocycles. The van der Waals surface area contributed by atoms with Crippen LogP contribution >= 0.6 is 27.3 Å². The summed E-state index contributed by atoms with van der Waals surface area (Å²) in [7, 11) is 0. The molecule has 1 saturated carbocycles. The maximum absolute atomic E-state index is 12.5. The van der Waals surface area contributed by atoms with Crippen LogP contribution in [0.25, 0.3) is 0 Å². The lowest BCUT2D eigenvalue weighted by Crippen LogP contribution is -2.38. The van der Waals surface area contributed by atoms with Gasteiger partial charge in [0.2, 0.25) is 5.13 Å². The van der Waals surface area contributed by atoms with Gasteiger partial charge in [-0.25, -0.2) is 0 Å². The van der Waals surface area contributed by atoms with Crippen molar-refractivity contribution in [2.45, 2.75) is 24.6 Å². The highest BCUT2D eigenvalue weighted by molar-refractivity contribution is 9.11. The molecule has 1 heterocycles. The Hall–Kier alpha value is -0.370. The molecular formula is C6H5BrF3N3S. The third-order valence-electron chi connectivity index (χ3n) is 2.04. The summed E-state index contributed by atoms with van der Waals surface area (Å²) in [6, 6.07) is 0. The van der Waals surface area contributed by atoms with Crippen molar-refractivity contribution in [1.29, 1.82) is 0 Å². The van der Waals surface area contributed by atoms with Crippen LogP contribution in [0.3, 0.4) is 0 Å². The van der Waals surface area contributed by atoms with E-state index in [9.17, 15) is 13.2 Å². The van der Waals surface area contributed by atoms with Crippen LogP contribution in [0.2, 0.25) is 0 Å². The van der Waals surface area contributed by atoms with Crippen molar-refractivity contribution in [1.82, 2.24) is 10.2 Å². The van der Waals surface area contributed by atoms with Crippen molar-refractivity contribution < 1.29 is 13.2 Å². The van der Waals surface area contributed by atoms with Crippen LogP contribution in [-0.4, -0.2) is 21.9 Å². The Morgan fingerprint density at radius 1 is 1.36 bits per heavy atom. The van der Waals surface area contributed by atoms with Crippen molar-refractivity contribution in [3.05, 3.63) is 3.92 Å². The van der Waals surface area contributed by atoms with Gasteiger partial charge in [0.15, 0.2) is 3.92 Å². The Kier molecular flexibility index (Phi) is 2.22. The second kappa shape index (κ2) is 3.06. The molecule has 14 heavy (non-hydrogen) atoms. The van der Waals surface area contributed by atoms with Crippen LogP contribution in [0.5, 0.6) is 0 Å². The molecule has 1 aliphatic carbocycles. The van der Waals surface area contributed by atoms with E-state index in [2.05, 4.69) is 31.4 Å². The number of nitrogens with zero attached hydrogens (tertiary/aromatic N) is 2. The normalized spacial score (nSPS) is 19.4. The van der Waals surface area contributed by atoms with Crippen molar-refractivity contribution in [2.24, 2.45) is 0 Å². The van der Waals surface area contributed by atoms with E-state index in [0.717, 1.165) is 11.3 Å². The minimum atomic E-state index is -4.22. The SMILES string of the molecule is FC(F)(F)C1(Nc2nnc(Br)s2)CC1. The van der Waals surface area contributed by atoms with E-state index in [1.165, 1.54) is 0 Å². The summed E-state index contributed by atoms with van der Waals surface area (Å²) in [4.78, 5) is 0. The van der Waals surface area contributed by atoms with Gasteiger partial charge in [0.1, 0.15) is 5.54 Å². The van der Waals surface area contributed by atoms with Gasteiger partial charge in [0.05, 0.1) is 0 Å². The Morgan fingerprint density at radius 3 is 2.36 bits per heavy atom. The van der Waals surface area contributed by atoms with Gasteiger partial charge in [-0.05, 0) is 28.8 Å². The van der Waals surface area contributed by atoms with E-state index in [1.807, 2.05) is 0 Å². The predicted octanol–water partition coefficient (Wildman–Crippen LogP) is 2.81. The lowest BCUT2D eigenvalue weighted by molar-refractivity contribution is -0.151. The summed E-state index contributed by atoms with van der Waals surface area (Å²) >= 11 is 4.09. The summed E-state index contributed by atoms with van der Waals surface area (Å²) in [5, 5.41) is 9.71. The number of halogens is 4. The second-order valence-electron chi connectivity index (χ2n) is 3.07. The number of hydrogen-bond donors (Lipinski definition) is 1. The number of nitrogens with one attached hydrogen (secondary N) is 1. The molecule has 0 aromatic carbocycles. The molecule has 3 nitrogen and oxygen atoms in total. The van der Waals surface area contributed by atoms with Crippen LogP contribution in [0.4, 0.5) is 18.3 Å². The maximum Gasteiger partial charge on any atom is 0.411 e. The fourth-order valence-corrected chi connectivity index (χ4v) is 2.17. The lowest BCUT2D eigenvalue weighted by atomic mass is 10.3. The fraction of sp³-hybridized carbons (Fsp3) is 0.667. The minimum Gasteiger partial charge on any atom is -0.346 e. The monoisotopic (exact) mass is 287 g/mol. The molecule has 0 saturated heterocycles. The first-order valence-corrected chi connectivity index (χ1v) is 5.38. The first kappa shape index (κ1) is 10.2. The largest absolute Gasteiger partial charge is 0.411 e. The van der Waals surface area contributed by atoms with Gasteiger partial charge in [0, 0.05) is 0 Å². The lowest BCUT2D eigenvalue weighted by Gasteiger charge is -2.19. The quantitative estimate of drug-likeness (QED) is 0.909. The number of alkyl halides is 3. The second-order valence-corrected chi connectivity index (χ2v) is 5.32. The number of aromatic nitrogens is 2. The summed E-state index contributed by atoms with van der Waals surface area (Å²) < 4.78 is 37.9. The van der Waals surface area contributed by atoms with Crippen LogP contribution in [0.1, 0.15) is 12.8 Å². The molecule has 0 spiro atoms. The van der Waals surface area contributed by atoms with Gasteiger partial charge >= 0.3 is 6.18 Å². The Balaban J connectivity index is 2.12. The molecular weight excluding hydrogens is 283 g/mol. The van der Waals surface area contributed by atoms with E-state index in [4.69, 9.17) is 0 Å². The minimum absolute atomic E-state index is 0.105. The smallest absolute Gasteiger partial charge is 0.346 e. The van der Waals surface area contributed by atoms with E-state index in [0.29, 0.717) is 3.92 Å². The Labute approximate surface area is 89.8 Å². The van der Waals surface area contributed by atoms with Crippen molar-refractivity contribution in [2.75, 3.05) is 5.32 Å². The fourth-order valence-electron chi connectivity index (χ4n) is 1.06. The van der Waals surface area contributed by atoms with Gasteiger partial charge in [-0.15, -0.1) is 10.2 Å². The van der Waals surface area contributed by atoms with Crippen molar-refractivity contribution >= 4 is 32.4 Å². The van der Waals surface area contributed by atoms with E-state index in [-0.39, 0.29) is 18.0 Å². The molecule has 0 atom stereocenters. The zero-order chi connectivity index (χ0) is 10.4. The standard InChI is InChI=1S/C6H5BrF3N3S/c7-3-12-13-4(14-3)11-5(1-2-5)6(8,9)10/h1-2H2,(H,11,13). The van der Waals surface area contributed by atoms with Gasteiger partial charge in [-0.1, -0.05) is 11.3 Å². The van der Waals surface area contributed by atoms with E-state index < -0.39 is 11.7 Å². The van der Waals surface area contributed by atoms with Gasteiger partial charge < -0.3 is 5.32 Å². The average molecular weight is 288 g/mol. The van der Waals surface area contributed by atoms with Gasteiger partial charge in [-0.3, -0.25) is 0 Å². The molecule has 2 rings (SSSR count). The van der Waals surface area contributed by atoms with Gasteiger partial charge in [0.25, 0.3) is 0 Å². The Bertz CT molecular complexity index is 346.